The number of nitrogens with zero attached hydrogens (tertiary/aromatic N) is 2. The van der Waals surface area contributed by atoms with Crippen molar-refractivity contribution in [2.75, 3.05) is 13.7 Å². The molecule has 0 aromatic carbocycles. The number of aromatic nitrogens is 1. The molecule has 0 bridgehead atoms. The van der Waals surface area contributed by atoms with Crippen LogP contribution in [-0.4, -0.2) is 18.7 Å². The molecule has 0 amide bonds. The van der Waals surface area contributed by atoms with Gasteiger partial charge in [-0.3, -0.25) is 0 Å². The van der Waals surface area contributed by atoms with Gasteiger partial charge >= 0.3 is 0 Å². The van der Waals surface area contributed by atoms with Crippen LogP contribution in [-0.2, 0) is 4.74 Å². The van der Waals surface area contributed by atoms with E-state index < -0.39 is 0 Å². The van der Waals surface area contributed by atoms with Crippen LogP contribution in [0.4, 0.5) is 0 Å². The van der Waals surface area contributed by atoms with Gasteiger partial charge < -0.3 is 4.74 Å². The van der Waals surface area contributed by atoms with Gasteiger partial charge in [0.25, 0.3) is 0 Å². The Morgan fingerprint density at radius 1 is 1.64 bits per heavy atom. The summed E-state index contributed by atoms with van der Waals surface area (Å²) < 4.78 is 4.76. The van der Waals surface area contributed by atoms with Gasteiger partial charge in [-0.1, -0.05) is 23.4 Å². The van der Waals surface area contributed by atoms with E-state index in [9.17, 15) is 0 Å². The molecule has 0 unspecified atom stereocenters. The molecule has 0 aliphatic carbocycles. The predicted molar refractivity (Wildman–Crippen MR) is 52.7 cm³/mol. The van der Waals surface area contributed by atoms with Gasteiger partial charge in [0, 0.05) is 18.9 Å². The lowest BCUT2D eigenvalue weighted by atomic mass is 10.2. The van der Waals surface area contributed by atoms with E-state index in [1.54, 1.807) is 13.2 Å². The first-order valence-electron chi connectivity index (χ1n) is 3.81. The van der Waals surface area contributed by atoms with Crippen LogP contribution in [0.3, 0.4) is 0 Å². The van der Waals surface area contributed by atoms with E-state index in [1.807, 2.05) is 6.07 Å². The molecule has 0 spiro atoms. The normalized spacial score (nSPS) is 8.64. The summed E-state index contributed by atoms with van der Waals surface area (Å²) in [7, 11) is 1.56. The van der Waals surface area contributed by atoms with Crippen LogP contribution >= 0.6 is 11.6 Å². The minimum atomic E-state index is 0.199. The number of rotatable bonds is 1. The van der Waals surface area contributed by atoms with E-state index in [4.69, 9.17) is 21.6 Å². The lowest BCUT2D eigenvalue weighted by Crippen LogP contribution is -1.86. The molecule has 1 heterocycles. The zero-order valence-corrected chi connectivity index (χ0v) is 8.30. The molecule has 1 aromatic rings. The van der Waals surface area contributed by atoms with E-state index in [2.05, 4.69) is 16.8 Å². The number of pyridine rings is 1. The SMILES string of the molecule is COCC#Cc1cnc(Cl)c(C#N)c1. The topological polar surface area (TPSA) is 45.9 Å². The van der Waals surface area contributed by atoms with Gasteiger partial charge in [-0.2, -0.15) is 5.26 Å². The first-order chi connectivity index (χ1) is 6.77. The number of nitriles is 1. The van der Waals surface area contributed by atoms with E-state index in [-0.39, 0.29) is 5.15 Å². The molecule has 3 nitrogen and oxygen atoms in total. The van der Waals surface area contributed by atoms with Gasteiger partial charge in [0.15, 0.2) is 0 Å². The molecule has 0 fully saturated rings. The van der Waals surface area contributed by atoms with Crippen LogP contribution in [0.5, 0.6) is 0 Å². The highest BCUT2D eigenvalue weighted by Crippen LogP contribution is 2.12. The van der Waals surface area contributed by atoms with E-state index in [0.717, 1.165) is 0 Å². The molecular weight excluding hydrogens is 200 g/mol. The minimum Gasteiger partial charge on any atom is -0.372 e. The summed E-state index contributed by atoms with van der Waals surface area (Å²) in [6.45, 7) is 0.352. The van der Waals surface area contributed by atoms with Crippen molar-refractivity contribution in [2.24, 2.45) is 0 Å². The highest BCUT2D eigenvalue weighted by atomic mass is 35.5. The maximum Gasteiger partial charge on any atom is 0.146 e. The lowest BCUT2D eigenvalue weighted by Gasteiger charge is -1.93. The summed E-state index contributed by atoms with van der Waals surface area (Å²) in [5, 5.41) is 8.87. The second-order valence-corrected chi connectivity index (χ2v) is 2.77. The van der Waals surface area contributed by atoms with Crippen LogP contribution in [0.25, 0.3) is 0 Å². The maximum atomic E-state index is 8.67. The standard InChI is InChI=1S/C10H7ClN2O/c1-14-4-2-3-8-5-9(6-12)10(11)13-7-8/h5,7H,4H2,1H3. The molecule has 1 rings (SSSR count). The molecule has 0 aliphatic rings. The maximum absolute atomic E-state index is 8.67. The first-order valence-corrected chi connectivity index (χ1v) is 4.19. The van der Waals surface area contributed by atoms with Crippen molar-refractivity contribution in [1.82, 2.24) is 4.98 Å². The second-order valence-electron chi connectivity index (χ2n) is 2.41. The Kier molecular flexibility index (Phi) is 3.94. The van der Waals surface area contributed by atoms with Crippen LogP contribution in [0.15, 0.2) is 12.3 Å². The van der Waals surface area contributed by atoms with Crippen molar-refractivity contribution >= 4 is 11.6 Å². The molecule has 0 saturated carbocycles. The Labute approximate surface area is 87.3 Å². The number of halogens is 1. The highest BCUT2D eigenvalue weighted by molar-refractivity contribution is 6.30. The molecule has 14 heavy (non-hydrogen) atoms. The van der Waals surface area contributed by atoms with Crippen LogP contribution in [0.2, 0.25) is 5.15 Å². The molecule has 4 heteroatoms. The minimum absolute atomic E-state index is 0.199. The van der Waals surface area contributed by atoms with Crippen LogP contribution in [0, 0.1) is 23.2 Å². The molecule has 70 valence electrons. The zero-order chi connectivity index (χ0) is 10.4. The fourth-order valence-corrected chi connectivity index (χ4v) is 0.951. The molecule has 0 atom stereocenters. The van der Waals surface area contributed by atoms with Crippen LogP contribution < -0.4 is 0 Å². The zero-order valence-electron chi connectivity index (χ0n) is 7.54. The molecule has 0 radical (unpaired) electrons. The van der Waals surface area contributed by atoms with E-state index in [0.29, 0.717) is 17.7 Å². The molecule has 0 saturated heterocycles. The van der Waals surface area contributed by atoms with Gasteiger partial charge in [-0.15, -0.1) is 0 Å². The Balaban J connectivity index is 2.93. The van der Waals surface area contributed by atoms with Crippen molar-refractivity contribution in [1.29, 1.82) is 5.26 Å². The Bertz CT molecular complexity index is 426. The third kappa shape index (κ3) is 2.74. The van der Waals surface area contributed by atoms with Crippen molar-refractivity contribution < 1.29 is 4.74 Å². The summed E-state index contributed by atoms with van der Waals surface area (Å²) >= 11 is 5.65. The first kappa shape index (κ1) is 10.5. The van der Waals surface area contributed by atoms with Gasteiger partial charge in [-0.25, -0.2) is 4.98 Å². The Morgan fingerprint density at radius 2 is 2.43 bits per heavy atom. The monoisotopic (exact) mass is 206 g/mol. The van der Waals surface area contributed by atoms with Crippen molar-refractivity contribution in [3.05, 3.63) is 28.5 Å². The quantitative estimate of drug-likeness (QED) is 0.518. The summed E-state index contributed by atoms with van der Waals surface area (Å²) in [6.07, 6.45) is 1.52. The summed E-state index contributed by atoms with van der Waals surface area (Å²) in [5.74, 6) is 5.56. The van der Waals surface area contributed by atoms with Crippen molar-refractivity contribution in [2.45, 2.75) is 0 Å². The van der Waals surface area contributed by atoms with Crippen molar-refractivity contribution in [3.63, 3.8) is 0 Å². The third-order valence-electron chi connectivity index (χ3n) is 1.41. The predicted octanol–water partition coefficient (Wildman–Crippen LogP) is 1.60. The molecule has 0 N–H and O–H groups in total. The molecular formula is C10H7ClN2O. The van der Waals surface area contributed by atoms with E-state index >= 15 is 0 Å². The summed E-state index contributed by atoms with van der Waals surface area (Å²) in [6, 6.07) is 3.53. The largest absolute Gasteiger partial charge is 0.372 e. The summed E-state index contributed by atoms with van der Waals surface area (Å²) in [4.78, 5) is 3.83. The van der Waals surface area contributed by atoms with Gasteiger partial charge in [0.05, 0.1) is 5.56 Å². The summed E-state index contributed by atoms with van der Waals surface area (Å²) in [5.41, 5.74) is 0.985. The molecule has 0 aliphatic heterocycles. The number of hydrogen-bond donors (Lipinski definition) is 0. The Morgan fingerprint density at radius 3 is 3.07 bits per heavy atom. The third-order valence-corrected chi connectivity index (χ3v) is 1.71. The highest BCUT2D eigenvalue weighted by Gasteiger charge is 2.00. The fraction of sp³-hybridized carbons (Fsp3) is 0.200. The van der Waals surface area contributed by atoms with Gasteiger partial charge in [0.1, 0.15) is 17.8 Å². The number of hydrogen-bond acceptors (Lipinski definition) is 3. The average Bonchev–Trinajstić information content (AvgIpc) is 2.21. The van der Waals surface area contributed by atoms with E-state index in [1.165, 1.54) is 6.20 Å². The lowest BCUT2D eigenvalue weighted by molar-refractivity contribution is 0.240. The van der Waals surface area contributed by atoms with Crippen LogP contribution in [0.1, 0.15) is 11.1 Å². The van der Waals surface area contributed by atoms with Gasteiger partial charge in [0.2, 0.25) is 0 Å². The fourth-order valence-electron chi connectivity index (χ4n) is 0.805. The Hall–Kier alpha value is -1.55. The average molecular weight is 207 g/mol. The second kappa shape index (κ2) is 5.24. The number of methoxy groups -OCH3 is 1. The smallest absolute Gasteiger partial charge is 0.146 e. The van der Waals surface area contributed by atoms with Gasteiger partial charge in [-0.05, 0) is 6.07 Å². The van der Waals surface area contributed by atoms with Crippen molar-refractivity contribution in [3.8, 4) is 17.9 Å². The molecule has 1 aromatic heterocycles. The number of ether oxygens (including phenoxy) is 1.